The molecule has 0 amide bonds. The van der Waals surface area contributed by atoms with Gasteiger partial charge in [-0.15, -0.1) is 0 Å². The van der Waals surface area contributed by atoms with Gasteiger partial charge < -0.3 is 5.32 Å². The molecule has 0 radical (unpaired) electrons. The van der Waals surface area contributed by atoms with E-state index in [2.05, 4.69) is 10.3 Å². The predicted molar refractivity (Wildman–Crippen MR) is 62.1 cm³/mol. The zero-order valence-corrected chi connectivity index (χ0v) is 10.5. The van der Waals surface area contributed by atoms with Crippen LogP contribution in [0.5, 0.6) is 0 Å². The molecule has 0 saturated heterocycles. The first kappa shape index (κ1) is 14.7. The number of nitrogens with one attached hydrogen (secondary N) is 1. The second-order valence-electron chi connectivity index (χ2n) is 3.82. The Balaban J connectivity index is 2.53. The fourth-order valence-electron chi connectivity index (χ4n) is 1.24. The van der Waals surface area contributed by atoms with Crippen molar-refractivity contribution < 1.29 is 21.6 Å². The van der Waals surface area contributed by atoms with E-state index in [0.29, 0.717) is 6.42 Å². The molecule has 1 heterocycles. The van der Waals surface area contributed by atoms with Crippen LogP contribution in [-0.4, -0.2) is 32.0 Å². The zero-order chi connectivity index (χ0) is 13.8. The lowest BCUT2D eigenvalue weighted by atomic mass is 10.3. The van der Waals surface area contributed by atoms with Gasteiger partial charge in [-0.25, -0.2) is 13.4 Å². The van der Waals surface area contributed by atoms with Crippen molar-refractivity contribution in [2.24, 2.45) is 0 Å². The summed E-state index contributed by atoms with van der Waals surface area (Å²) in [6.07, 6.45) is -3.06. The van der Waals surface area contributed by atoms with Crippen LogP contribution in [0, 0.1) is 0 Å². The van der Waals surface area contributed by atoms with Gasteiger partial charge in [0.25, 0.3) is 0 Å². The third kappa shape index (κ3) is 5.35. The maximum Gasteiger partial charge on any atom is 0.433 e. The number of hydrogen-bond acceptors (Lipinski definition) is 4. The first-order valence-corrected chi connectivity index (χ1v) is 7.20. The number of aromatic nitrogens is 1. The lowest BCUT2D eigenvalue weighted by Crippen LogP contribution is -2.13. The van der Waals surface area contributed by atoms with Gasteiger partial charge in [0.05, 0.1) is 5.75 Å². The minimum absolute atomic E-state index is 0.0149. The summed E-state index contributed by atoms with van der Waals surface area (Å²) in [6, 6.07) is 3.52. The molecule has 0 aliphatic heterocycles. The van der Waals surface area contributed by atoms with E-state index in [4.69, 9.17) is 0 Å². The first-order chi connectivity index (χ1) is 8.18. The highest BCUT2D eigenvalue weighted by molar-refractivity contribution is 7.90. The first-order valence-electron chi connectivity index (χ1n) is 5.14. The quantitative estimate of drug-likeness (QED) is 0.839. The average Bonchev–Trinajstić information content (AvgIpc) is 2.22. The molecule has 1 aromatic rings. The number of sulfone groups is 1. The van der Waals surface area contributed by atoms with Gasteiger partial charge >= 0.3 is 6.18 Å². The molecular weight excluding hydrogens is 269 g/mol. The molecule has 0 atom stereocenters. The van der Waals surface area contributed by atoms with Crippen molar-refractivity contribution in [1.82, 2.24) is 4.98 Å². The SMILES string of the molecule is CS(=O)(=O)CCCNc1cccc(C(F)(F)F)n1. The molecule has 1 N–H and O–H groups in total. The number of pyridine rings is 1. The van der Waals surface area contributed by atoms with Crippen LogP contribution in [0.2, 0.25) is 0 Å². The van der Waals surface area contributed by atoms with Crippen LogP contribution in [0.3, 0.4) is 0 Å². The predicted octanol–water partition coefficient (Wildman–Crippen LogP) is 1.95. The third-order valence-corrected chi connectivity index (χ3v) is 3.07. The molecule has 0 aromatic carbocycles. The van der Waals surface area contributed by atoms with Crippen LogP contribution in [-0.2, 0) is 16.0 Å². The van der Waals surface area contributed by atoms with Gasteiger partial charge in [0.1, 0.15) is 21.3 Å². The number of hydrogen-bond donors (Lipinski definition) is 1. The summed E-state index contributed by atoms with van der Waals surface area (Å²) in [5, 5.41) is 2.65. The minimum atomic E-state index is -4.48. The molecule has 0 aliphatic carbocycles. The molecule has 18 heavy (non-hydrogen) atoms. The zero-order valence-electron chi connectivity index (χ0n) is 9.66. The van der Waals surface area contributed by atoms with Crippen LogP contribution in [0.1, 0.15) is 12.1 Å². The summed E-state index contributed by atoms with van der Waals surface area (Å²) in [5.74, 6) is 0.0669. The van der Waals surface area contributed by atoms with Crippen molar-refractivity contribution in [2.75, 3.05) is 23.9 Å². The molecule has 8 heteroatoms. The molecule has 1 rings (SSSR count). The number of nitrogens with zero attached hydrogens (tertiary/aromatic N) is 1. The van der Waals surface area contributed by atoms with E-state index in [1.807, 2.05) is 0 Å². The molecular formula is C10H13F3N2O2S. The van der Waals surface area contributed by atoms with Gasteiger partial charge in [-0.05, 0) is 18.6 Å². The van der Waals surface area contributed by atoms with Gasteiger partial charge in [0, 0.05) is 12.8 Å². The second kappa shape index (κ2) is 5.55. The van der Waals surface area contributed by atoms with E-state index < -0.39 is 21.7 Å². The average molecular weight is 282 g/mol. The molecule has 0 aliphatic rings. The lowest BCUT2D eigenvalue weighted by molar-refractivity contribution is -0.141. The smallest absolute Gasteiger partial charge is 0.370 e. The number of rotatable bonds is 5. The van der Waals surface area contributed by atoms with Crippen molar-refractivity contribution >= 4 is 15.7 Å². The van der Waals surface area contributed by atoms with E-state index in [1.165, 1.54) is 12.1 Å². The maximum absolute atomic E-state index is 12.3. The molecule has 0 bridgehead atoms. The van der Waals surface area contributed by atoms with E-state index in [1.54, 1.807) is 0 Å². The Morgan fingerprint density at radius 1 is 1.33 bits per heavy atom. The van der Waals surface area contributed by atoms with Crippen molar-refractivity contribution in [1.29, 1.82) is 0 Å². The highest BCUT2D eigenvalue weighted by atomic mass is 32.2. The normalized spacial score (nSPS) is 12.4. The largest absolute Gasteiger partial charge is 0.433 e. The third-order valence-electron chi connectivity index (χ3n) is 2.04. The number of halogens is 3. The molecule has 0 spiro atoms. The Kier molecular flexibility index (Phi) is 4.55. The fraction of sp³-hybridized carbons (Fsp3) is 0.500. The second-order valence-corrected chi connectivity index (χ2v) is 6.08. The Morgan fingerprint density at radius 2 is 2.00 bits per heavy atom. The number of alkyl halides is 3. The van der Waals surface area contributed by atoms with E-state index >= 15 is 0 Å². The number of anilines is 1. The van der Waals surface area contributed by atoms with Crippen molar-refractivity contribution in [2.45, 2.75) is 12.6 Å². The Labute approximate surface area is 103 Å². The van der Waals surface area contributed by atoms with Crippen LogP contribution >= 0.6 is 0 Å². The Bertz CT molecular complexity index is 500. The monoisotopic (exact) mass is 282 g/mol. The van der Waals surface area contributed by atoms with Gasteiger partial charge in [-0.3, -0.25) is 0 Å². The van der Waals surface area contributed by atoms with Crippen LogP contribution in [0.15, 0.2) is 18.2 Å². The lowest BCUT2D eigenvalue weighted by Gasteiger charge is -2.09. The topological polar surface area (TPSA) is 59.1 Å². The summed E-state index contributed by atoms with van der Waals surface area (Å²) in [4.78, 5) is 3.39. The molecule has 0 saturated carbocycles. The summed E-state index contributed by atoms with van der Waals surface area (Å²) in [6.45, 7) is 0.251. The van der Waals surface area contributed by atoms with Gasteiger partial charge in [-0.2, -0.15) is 13.2 Å². The molecule has 102 valence electrons. The van der Waals surface area contributed by atoms with E-state index in [9.17, 15) is 21.6 Å². The summed E-state index contributed by atoms with van der Waals surface area (Å²) in [5.41, 5.74) is -0.976. The van der Waals surface area contributed by atoms with Crippen molar-refractivity contribution in [3.63, 3.8) is 0 Å². The Morgan fingerprint density at radius 3 is 2.56 bits per heavy atom. The van der Waals surface area contributed by atoms with Gasteiger partial charge in [0.2, 0.25) is 0 Å². The standard InChI is InChI=1S/C10H13F3N2O2S/c1-18(16,17)7-3-6-14-9-5-2-4-8(15-9)10(11,12)13/h2,4-5H,3,6-7H2,1H3,(H,14,15). The Hall–Kier alpha value is -1.31. The van der Waals surface area contributed by atoms with Crippen LogP contribution in [0.4, 0.5) is 19.0 Å². The molecule has 0 unspecified atom stereocenters. The summed E-state index contributed by atoms with van der Waals surface area (Å²) < 4.78 is 58.7. The fourth-order valence-corrected chi connectivity index (χ4v) is 1.91. The summed E-state index contributed by atoms with van der Waals surface area (Å²) >= 11 is 0. The van der Waals surface area contributed by atoms with Crippen LogP contribution in [0.25, 0.3) is 0 Å². The van der Waals surface area contributed by atoms with E-state index in [0.717, 1.165) is 12.3 Å². The van der Waals surface area contributed by atoms with E-state index in [-0.39, 0.29) is 18.1 Å². The highest BCUT2D eigenvalue weighted by Gasteiger charge is 2.32. The minimum Gasteiger partial charge on any atom is -0.370 e. The van der Waals surface area contributed by atoms with Crippen LogP contribution < -0.4 is 5.32 Å². The highest BCUT2D eigenvalue weighted by Crippen LogP contribution is 2.28. The summed E-state index contributed by atoms with van der Waals surface area (Å²) in [7, 11) is -3.05. The van der Waals surface area contributed by atoms with Gasteiger partial charge in [0.15, 0.2) is 0 Å². The van der Waals surface area contributed by atoms with Crippen molar-refractivity contribution in [3.05, 3.63) is 23.9 Å². The maximum atomic E-state index is 12.3. The molecule has 1 aromatic heterocycles. The molecule has 0 fully saturated rings. The van der Waals surface area contributed by atoms with Gasteiger partial charge in [-0.1, -0.05) is 6.07 Å². The molecule has 4 nitrogen and oxygen atoms in total. The van der Waals surface area contributed by atoms with Crippen molar-refractivity contribution in [3.8, 4) is 0 Å².